The Kier molecular flexibility index (Phi) is 4.23. The fourth-order valence-corrected chi connectivity index (χ4v) is 2.07. The lowest BCUT2D eigenvalue weighted by atomic mass is 10.1. The molecular weight excluding hydrogens is 274 g/mol. The van der Waals surface area contributed by atoms with E-state index in [1.165, 1.54) is 0 Å². The van der Waals surface area contributed by atoms with Crippen molar-refractivity contribution in [1.29, 1.82) is 0 Å². The average molecular weight is 286 g/mol. The molecule has 1 aromatic rings. The summed E-state index contributed by atoms with van der Waals surface area (Å²) in [5.74, 6) is -3.50. The molecule has 0 atom stereocenters. The number of halogens is 2. The van der Waals surface area contributed by atoms with Crippen molar-refractivity contribution in [2.45, 2.75) is 31.8 Å². The summed E-state index contributed by atoms with van der Waals surface area (Å²) in [4.78, 5) is 26.2. The van der Waals surface area contributed by atoms with Gasteiger partial charge in [0.15, 0.2) is 0 Å². The molecule has 0 unspecified atom stereocenters. The number of nitrogens with one attached hydrogen (secondary N) is 1. The van der Waals surface area contributed by atoms with Gasteiger partial charge in [-0.25, -0.2) is 9.87 Å². The summed E-state index contributed by atoms with van der Waals surface area (Å²) < 4.78 is 26.9. The largest absolute Gasteiger partial charge is 0.308 e. The Morgan fingerprint density at radius 3 is 2.60 bits per heavy atom. The molecule has 0 aliphatic heterocycles. The number of nitro groups is 1. The van der Waals surface area contributed by atoms with Crippen molar-refractivity contribution < 1.29 is 23.3 Å². The number of hydrogen-bond donors (Lipinski definition) is 1. The number of amides is 1. The van der Waals surface area contributed by atoms with E-state index in [-0.39, 0.29) is 6.10 Å². The molecule has 20 heavy (non-hydrogen) atoms. The molecule has 1 aliphatic rings. The monoisotopic (exact) mass is 286 g/mol. The molecule has 0 heterocycles. The van der Waals surface area contributed by atoms with Crippen LogP contribution in [0.4, 0.5) is 14.5 Å². The minimum Gasteiger partial charge on any atom is -0.270 e. The van der Waals surface area contributed by atoms with Crippen LogP contribution in [-0.4, -0.2) is 16.9 Å². The van der Waals surface area contributed by atoms with Crippen molar-refractivity contribution in [3.8, 4) is 0 Å². The van der Waals surface area contributed by atoms with Gasteiger partial charge >= 0.3 is 5.69 Å². The maximum absolute atomic E-state index is 13.7. The maximum Gasteiger partial charge on any atom is 0.308 e. The summed E-state index contributed by atoms with van der Waals surface area (Å²) in [6.45, 7) is 0. The van der Waals surface area contributed by atoms with E-state index < -0.39 is 33.7 Å². The van der Waals surface area contributed by atoms with Gasteiger partial charge in [-0.15, -0.1) is 0 Å². The molecule has 1 N–H and O–H groups in total. The second-order valence-electron chi connectivity index (χ2n) is 4.50. The highest BCUT2D eigenvalue weighted by Crippen LogP contribution is 2.23. The smallest absolute Gasteiger partial charge is 0.270 e. The van der Waals surface area contributed by atoms with Gasteiger partial charge in [-0.2, -0.15) is 4.39 Å². The highest BCUT2D eigenvalue weighted by Gasteiger charge is 2.25. The van der Waals surface area contributed by atoms with Gasteiger partial charge in [0.25, 0.3) is 5.91 Å². The Labute approximate surface area is 112 Å². The first-order valence-corrected chi connectivity index (χ1v) is 6.08. The van der Waals surface area contributed by atoms with E-state index in [0.29, 0.717) is 12.1 Å². The van der Waals surface area contributed by atoms with Crippen LogP contribution in [0.1, 0.15) is 36.0 Å². The van der Waals surface area contributed by atoms with E-state index in [2.05, 4.69) is 0 Å². The highest BCUT2D eigenvalue weighted by atomic mass is 19.1. The molecule has 1 fully saturated rings. The van der Waals surface area contributed by atoms with Crippen LogP contribution >= 0.6 is 0 Å². The summed E-state index contributed by atoms with van der Waals surface area (Å²) >= 11 is 0. The first-order valence-electron chi connectivity index (χ1n) is 6.08. The van der Waals surface area contributed by atoms with Gasteiger partial charge < -0.3 is 0 Å². The van der Waals surface area contributed by atoms with Gasteiger partial charge in [0, 0.05) is 0 Å². The normalized spacial score (nSPS) is 15.3. The standard InChI is InChI=1S/C12H12F2N2O4/c13-7-5-9(11(14)10(6-7)16(18)19)12(17)15-20-8-3-1-2-4-8/h5-6,8H,1-4H2,(H,15,17). The highest BCUT2D eigenvalue weighted by molar-refractivity contribution is 5.94. The second kappa shape index (κ2) is 5.91. The quantitative estimate of drug-likeness (QED) is 0.681. The number of nitrogens with zero attached hydrogens (tertiary/aromatic N) is 1. The number of hydrogen-bond acceptors (Lipinski definition) is 4. The number of carbonyl (C=O) groups is 1. The summed E-state index contributed by atoms with van der Waals surface area (Å²) in [5.41, 5.74) is 0.165. The summed E-state index contributed by atoms with van der Waals surface area (Å²) in [6, 6.07) is 1.01. The number of hydroxylamine groups is 1. The molecular formula is C12H12F2N2O4. The van der Waals surface area contributed by atoms with Gasteiger partial charge in [0.1, 0.15) is 5.82 Å². The SMILES string of the molecule is O=C(NOC1CCCC1)c1cc(F)cc([N+](=O)[O-])c1F. The van der Waals surface area contributed by atoms with Crippen LogP contribution in [0, 0.1) is 21.7 Å². The number of benzene rings is 1. The molecule has 1 aliphatic carbocycles. The zero-order chi connectivity index (χ0) is 14.7. The molecule has 2 rings (SSSR count). The molecule has 0 spiro atoms. The predicted molar refractivity (Wildman–Crippen MR) is 63.8 cm³/mol. The first-order chi connectivity index (χ1) is 9.49. The minimum atomic E-state index is -1.39. The molecule has 1 aromatic carbocycles. The lowest BCUT2D eigenvalue weighted by molar-refractivity contribution is -0.387. The number of nitro benzene ring substituents is 1. The third-order valence-electron chi connectivity index (χ3n) is 3.08. The fourth-order valence-electron chi connectivity index (χ4n) is 2.07. The Hall–Kier alpha value is -2.09. The maximum atomic E-state index is 13.7. The fraction of sp³-hybridized carbons (Fsp3) is 0.417. The Morgan fingerprint density at radius 1 is 1.35 bits per heavy atom. The Morgan fingerprint density at radius 2 is 2.00 bits per heavy atom. The van der Waals surface area contributed by atoms with Crippen molar-refractivity contribution in [1.82, 2.24) is 5.48 Å². The molecule has 108 valence electrons. The van der Waals surface area contributed by atoms with Gasteiger partial charge in [-0.1, -0.05) is 12.8 Å². The van der Waals surface area contributed by atoms with Crippen LogP contribution in [0.5, 0.6) is 0 Å². The van der Waals surface area contributed by atoms with Gasteiger partial charge in [-0.05, 0) is 18.9 Å². The lowest BCUT2D eigenvalue weighted by Crippen LogP contribution is -2.29. The van der Waals surface area contributed by atoms with E-state index in [9.17, 15) is 23.7 Å². The lowest BCUT2D eigenvalue weighted by Gasteiger charge is -2.11. The molecule has 0 bridgehead atoms. The van der Waals surface area contributed by atoms with Crippen LogP contribution in [0.25, 0.3) is 0 Å². The van der Waals surface area contributed by atoms with Crippen molar-refractivity contribution in [3.63, 3.8) is 0 Å². The number of rotatable bonds is 4. The molecule has 0 saturated heterocycles. The third kappa shape index (κ3) is 3.08. The third-order valence-corrected chi connectivity index (χ3v) is 3.08. The molecule has 0 aromatic heterocycles. The molecule has 0 radical (unpaired) electrons. The minimum absolute atomic E-state index is 0.162. The van der Waals surface area contributed by atoms with Crippen molar-refractivity contribution in [2.24, 2.45) is 0 Å². The van der Waals surface area contributed by atoms with E-state index in [0.717, 1.165) is 25.7 Å². The van der Waals surface area contributed by atoms with Crippen molar-refractivity contribution in [3.05, 3.63) is 39.4 Å². The van der Waals surface area contributed by atoms with Crippen LogP contribution < -0.4 is 5.48 Å². The van der Waals surface area contributed by atoms with Crippen LogP contribution in [0.2, 0.25) is 0 Å². The van der Waals surface area contributed by atoms with Gasteiger partial charge in [0.05, 0.1) is 22.7 Å². The zero-order valence-corrected chi connectivity index (χ0v) is 10.4. The summed E-state index contributed by atoms with van der Waals surface area (Å²) in [7, 11) is 0. The van der Waals surface area contributed by atoms with E-state index in [4.69, 9.17) is 4.84 Å². The topological polar surface area (TPSA) is 81.5 Å². The van der Waals surface area contributed by atoms with Crippen LogP contribution in [0.15, 0.2) is 12.1 Å². The van der Waals surface area contributed by atoms with E-state index in [1.807, 2.05) is 5.48 Å². The molecule has 8 heteroatoms. The van der Waals surface area contributed by atoms with E-state index >= 15 is 0 Å². The predicted octanol–water partition coefficient (Wildman–Crippen LogP) is 2.48. The molecule has 6 nitrogen and oxygen atoms in total. The number of carbonyl (C=O) groups excluding carboxylic acids is 1. The van der Waals surface area contributed by atoms with E-state index in [1.54, 1.807) is 0 Å². The summed E-state index contributed by atoms with van der Waals surface area (Å²) in [5, 5.41) is 10.6. The Bertz CT molecular complexity index is 545. The second-order valence-corrected chi connectivity index (χ2v) is 4.50. The van der Waals surface area contributed by atoms with Crippen LogP contribution in [-0.2, 0) is 4.84 Å². The molecule has 1 saturated carbocycles. The zero-order valence-electron chi connectivity index (χ0n) is 10.4. The Balaban J connectivity index is 2.14. The van der Waals surface area contributed by atoms with Crippen molar-refractivity contribution in [2.75, 3.05) is 0 Å². The summed E-state index contributed by atoms with van der Waals surface area (Å²) in [6.07, 6.45) is 3.32. The van der Waals surface area contributed by atoms with Gasteiger partial charge in [-0.3, -0.25) is 19.7 Å². The van der Waals surface area contributed by atoms with Crippen molar-refractivity contribution >= 4 is 11.6 Å². The van der Waals surface area contributed by atoms with Crippen LogP contribution in [0.3, 0.4) is 0 Å². The molecule has 1 amide bonds. The first kappa shape index (κ1) is 14.3. The average Bonchev–Trinajstić information content (AvgIpc) is 2.91. The van der Waals surface area contributed by atoms with Gasteiger partial charge in [0.2, 0.25) is 5.82 Å².